The van der Waals surface area contributed by atoms with Crippen LogP contribution in [0.2, 0.25) is 0 Å². The molecule has 0 bridgehead atoms. The van der Waals surface area contributed by atoms with Gasteiger partial charge in [0.15, 0.2) is 0 Å². The second kappa shape index (κ2) is 10.4. The summed E-state index contributed by atoms with van der Waals surface area (Å²) >= 11 is 0. The molecule has 1 N–H and O–H groups in total. The van der Waals surface area contributed by atoms with E-state index >= 15 is 0 Å². The maximum absolute atomic E-state index is 11.5. The van der Waals surface area contributed by atoms with E-state index in [-0.39, 0.29) is 13.2 Å². The van der Waals surface area contributed by atoms with Crippen LogP contribution in [0, 0.1) is 0 Å². The van der Waals surface area contributed by atoms with Gasteiger partial charge in [-0.3, -0.25) is 0 Å². The number of hydrogen-bond acceptors (Lipinski definition) is 5. The highest BCUT2D eigenvalue weighted by atomic mass is 16.5. The average molecular weight is 307 g/mol. The predicted octanol–water partition coefficient (Wildman–Crippen LogP) is 2.05. The second-order valence-corrected chi connectivity index (χ2v) is 4.35. The molecule has 1 amide bonds. The quantitative estimate of drug-likeness (QED) is 0.588. The fourth-order valence-electron chi connectivity index (χ4n) is 1.61. The first-order valence-corrected chi connectivity index (χ1v) is 6.96. The Labute approximate surface area is 130 Å². The number of alkyl carbamates (subject to hydrolysis) is 1. The summed E-state index contributed by atoms with van der Waals surface area (Å²) in [5, 5.41) is 2.60. The van der Waals surface area contributed by atoms with Crippen molar-refractivity contribution in [2.24, 2.45) is 0 Å². The first kappa shape index (κ1) is 17.7. The lowest BCUT2D eigenvalue weighted by atomic mass is 10.2. The number of benzene rings is 1. The van der Waals surface area contributed by atoms with Crippen LogP contribution in [0.15, 0.2) is 42.5 Å². The van der Waals surface area contributed by atoms with Crippen molar-refractivity contribution < 1.29 is 23.8 Å². The first-order chi connectivity index (χ1) is 10.7. The van der Waals surface area contributed by atoms with Crippen molar-refractivity contribution in [3.05, 3.63) is 48.0 Å². The standard InChI is InChI=1S/C16H21NO5/c1-3-22-16(19)17-14(9-10-15(18)20-2)12-21-11-13-7-5-4-6-8-13/h4-10,14H,3,11-12H2,1-2H3,(H,17,19)/b10-9+/t14-/m0/s1. The Kier molecular flexibility index (Phi) is 8.37. The highest BCUT2D eigenvalue weighted by Crippen LogP contribution is 2.02. The van der Waals surface area contributed by atoms with E-state index in [2.05, 4.69) is 10.1 Å². The van der Waals surface area contributed by atoms with Crippen molar-refractivity contribution in [1.82, 2.24) is 5.32 Å². The molecule has 1 aromatic rings. The van der Waals surface area contributed by atoms with E-state index in [1.165, 1.54) is 19.3 Å². The smallest absolute Gasteiger partial charge is 0.407 e. The third-order valence-corrected chi connectivity index (χ3v) is 2.65. The second-order valence-electron chi connectivity index (χ2n) is 4.35. The number of carbonyl (C=O) groups excluding carboxylic acids is 2. The normalized spacial score (nSPS) is 11.9. The fraction of sp³-hybridized carbons (Fsp3) is 0.375. The predicted molar refractivity (Wildman–Crippen MR) is 81.2 cm³/mol. The van der Waals surface area contributed by atoms with Gasteiger partial charge in [-0.1, -0.05) is 36.4 Å². The monoisotopic (exact) mass is 307 g/mol. The van der Waals surface area contributed by atoms with E-state index in [1.54, 1.807) is 6.92 Å². The molecule has 0 unspecified atom stereocenters. The lowest BCUT2D eigenvalue weighted by Gasteiger charge is -2.15. The third kappa shape index (κ3) is 7.44. The molecule has 0 radical (unpaired) electrons. The third-order valence-electron chi connectivity index (χ3n) is 2.65. The van der Waals surface area contributed by atoms with Gasteiger partial charge in [-0.2, -0.15) is 0 Å². The van der Waals surface area contributed by atoms with Crippen LogP contribution in [0.4, 0.5) is 4.79 Å². The van der Waals surface area contributed by atoms with Crippen LogP contribution in [0.5, 0.6) is 0 Å². The molecule has 0 fully saturated rings. The van der Waals surface area contributed by atoms with Gasteiger partial charge in [0.05, 0.1) is 33.0 Å². The Morgan fingerprint density at radius 2 is 2.00 bits per heavy atom. The summed E-state index contributed by atoms with van der Waals surface area (Å²) in [5.41, 5.74) is 1.02. The van der Waals surface area contributed by atoms with Gasteiger partial charge in [0, 0.05) is 6.08 Å². The summed E-state index contributed by atoms with van der Waals surface area (Å²) in [6.07, 6.45) is 2.18. The number of methoxy groups -OCH3 is 1. The number of ether oxygens (including phenoxy) is 3. The molecule has 1 aromatic carbocycles. The molecule has 0 heterocycles. The SMILES string of the molecule is CCOC(=O)N[C@@H](/C=C/C(=O)OC)COCc1ccccc1. The van der Waals surface area contributed by atoms with Gasteiger partial charge in [-0.25, -0.2) is 9.59 Å². The molecule has 0 saturated heterocycles. The minimum Gasteiger partial charge on any atom is -0.466 e. The number of nitrogens with one attached hydrogen (secondary N) is 1. The first-order valence-electron chi connectivity index (χ1n) is 6.96. The molecular weight excluding hydrogens is 286 g/mol. The zero-order valence-corrected chi connectivity index (χ0v) is 12.8. The van der Waals surface area contributed by atoms with Crippen molar-refractivity contribution in [2.45, 2.75) is 19.6 Å². The molecule has 0 saturated carbocycles. The molecule has 6 heteroatoms. The van der Waals surface area contributed by atoms with Crippen LogP contribution < -0.4 is 5.32 Å². The summed E-state index contributed by atoms with van der Waals surface area (Å²) in [6.45, 7) is 2.60. The van der Waals surface area contributed by atoms with Gasteiger partial charge in [-0.05, 0) is 12.5 Å². The Bertz CT molecular complexity index is 487. The van der Waals surface area contributed by atoms with Gasteiger partial charge in [0.2, 0.25) is 0 Å². The van der Waals surface area contributed by atoms with Crippen molar-refractivity contribution in [3.8, 4) is 0 Å². The number of hydrogen-bond donors (Lipinski definition) is 1. The Hall–Kier alpha value is -2.34. The summed E-state index contributed by atoms with van der Waals surface area (Å²) in [6, 6.07) is 9.17. The number of rotatable bonds is 8. The molecule has 1 rings (SSSR count). The maximum atomic E-state index is 11.5. The van der Waals surface area contributed by atoms with E-state index in [0.717, 1.165) is 5.56 Å². The number of esters is 1. The van der Waals surface area contributed by atoms with E-state index in [0.29, 0.717) is 6.61 Å². The highest BCUT2D eigenvalue weighted by molar-refractivity contribution is 5.82. The zero-order valence-electron chi connectivity index (χ0n) is 12.8. The van der Waals surface area contributed by atoms with E-state index in [9.17, 15) is 9.59 Å². The number of carbonyl (C=O) groups is 2. The van der Waals surface area contributed by atoms with E-state index in [1.807, 2.05) is 30.3 Å². The van der Waals surface area contributed by atoms with Crippen LogP contribution in [0.3, 0.4) is 0 Å². The van der Waals surface area contributed by atoms with Crippen molar-refractivity contribution in [3.63, 3.8) is 0 Å². The molecule has 0 spiro atoms. The van der Waals surface area contributed by atoms with E-state index in [4.69, 9.17) is 9.47 Å². The molecule has 6 nitrogen and oxygen atoms in total. The Balaban J connectivity index is 2.51. The maximum Gasteiger partial charge on any atom is 0.407 e. The summed E-state index contributed by atoms with van der Waals surface area (Å²) in [4.78, 5) is 22.6. The summed E-state index contributed by atoms with van der Waals surface area (Å²) in [7, 11) is 1.28. The van der Waals surface area contributed by atoms with Gasteiger partial charge in [0.25, 0.3) is 0 Å². The van der Waals surface area contributed by atoms with Crippen LogP contribution in [0.1, 0.15) is 12.5 Å². The van der Waals surface area contributed by atoms with Gasteiger partial charge < -0.3 is 19.5 Å². The number of amides is 1. The van der Waals surface area contributed by atoms with Crippen LogP contribution in [0.25, 0.3) is 0 Å². The van der Waals surface area contributed by atoms with Crippen LogP contribution in [-0.4, -0.2) is 38.4 Å². The average Bonchev–Trinajstić information content (AvgIpc) is 2.53. The largest absolute Gasteiger partial charge is 0.466 e. The Morgan fingerprint density at radius 1 is 1.27 bits per heavy atom. The van der Waals surface area contributed by atoms with E-state index < -0.39 is 18.1 Å². The molecule has 22 heavy (non-hydrogen) atoms. The minimum absolute atomic E-state index is 0.210. The zero-order chi connectivity index (χ0) is 16.2. The molecule has 0 aliphatic carbocycles. The van der Waals surface area contributed by atoms with Crippen molar-refractivity contribution >= 4 is 12.1 Å². The highest BCUT2D eigenvalue weighted by Gasteiger charge is 2.11. The van der Waals surface area contributed by atoms with Gasteiger partial charge in [-0.15, -0.1) is 0 Å². The van der Waals surface area contributed by atoms with Crippen molar-refractivity contribution in [2.75, 3.05) is 20.3 Å². The molecule has 0 aliphatic heterocycles. The lowest BCUT2D eigenvalue weighted by molar-refractivity contribution is -0.134. The molecule has 1 atom stereocenters. The summed E-state index contributed by atoms with van der Waals surface area (Å²) < 4.78 is 14.9. The lowest BCUT2D eigenvalue weighted by Crippen LogP contribution is -2.37. The molecular formula is C16H21NO5. The fourth-order valence-corrected chi connectivity index (χ4v) is 1.61. The summed E-state index contributed by atoms with van der Waals surface area (Å²) in [5.74, 6) is -0.501. The van der Waals surface area contributed by atoms with Gasteiger partial charge >= 0.3 is 12.1 Å². The molecule has 0 aliphatic rings. The molecule has 0 aromatic heterocycles. The topological polar surface area (TPSA) is 73.9 Å². The molecule has 120 valence electrons. The minimum atomic E-state index is -0.565. The van der Waals surface area contributed by atoms with Gasteiger partial charge in [0.1, 0.15) is 0 Å². The Morgan fingerprint density at radius 3 is 2.64 bits per heavy atom. The van der Waals surface area contributed by atoms with Crippen molar-refractivity contribution in [1.29, 1.82) is 0 Å². The van der Waals surface area contributed by atoms with Crippen LogP contribution in [-0.2, 0) is 25.6 Å². The van der Waals surface area contributed by atoms with Crippen LogP contribution >= 0.6 is 0 Å².